The fraction of sp³-hybridized carbons (Fsp3) is 0.500. The average molecular weight is 363 g/mol. The third-order valence-electron chi connectivity index (χ3n) is 4.19. The molecule has 0 unspecified atom stereocenters. The van der Waals surface area contributed by atoms with E-state index in [1.165, 1.54) is 12.1 Å². The topological polar surface area (TPSA) is 108 Å². The minimum absolute atomic E-state index is 0.0957. The van der Waals surface area contributed by atoms with Crippen LogP contribution in [0.5, 0.6) is 5.75 Å². The van der Waals surface area contributed by atoms with E-state index >= 15 is 0 Å². The number of carboxylic acid groups (broad SMARTS) is 1. The van der Waals surface area contributed by atoms with Gasteiger partial charge in [0.1, 0.15) is 12.4 Å². The lowest BCUT2D eigenvalue weighted by molar-refractivity contribution is -0.134. The molecule has 2 amide bonds. The van der Waals surface area contributed by atoms with Gasteiger partial charge in [-0.05, 0) is 32.0 Å². The Hall–Kier alpha value is -2.61. The molecule has 0 aliphatic carbocycles. The van der Waals surface area contributed by atoms with Crippen molar-refractivity contribution in [3.8, 4) is 5.75 Å². The zero-order valence-electron chi connectivity index (χ0n) is 15.0. The van der Waals surface area contributed by atoms with E-state index < -0.39 is 12.0 Å². The van der Waals surface area contributed by atoms with Gasteiger partial charge >= 0.3 is 5.97 Å². The molecule has 26 heavy (non-hydrogen) atoms. The van der Waals surface area contributed by atoms with E-state index in [2.05, 4.69) is 10.6 Å². The first-order valence-electron chi connectivity index (χ1n) is 8.65. The van der Waals surface area contributed by atoms with Crippen LogP contribution in [0.3, 0.4) is 0 Å². The Morgan fingerprint density at radius 1 is 1.42 bits per heavy atom. The van der Waals surface area contributed by atoms with Crippen molar-refractivity contribution in [3.63, 3.8) is 0 Å². The van der Waals surface area contributed by atoms with Gasteiger partial charge in [0.05, 0.1) is 24.6 Å². The molecule has 0 saturated carbocycles. The molecule has 0 radical (unpaired) electrons. The monoisotopic (exact) mass is 363 g/mol. The van der Waals surface area contributed by atoms with Gasteiger partial charge in [-0.3, -0.25) is 14.5 Å². The highest BCUT2D eigenvalue weighted by Crippen LogP contribution is 2.14. The first kappa shape index (κ1) is 19.7. The van der Waals surface area contributed by atoms with Crippen molar-refractivity contribution in [1.29, 1.82) is 0 Å². The van der Waals surface area contributed by atoms with Crippen molar-refractivity contribution >= 4 is 17.8 Å². The lowest BCUT2D eigenvalue weighted by Gasteiger charge is -2.37. The summed E-state index contributed by atoms with van der Waals surface area (Å²) in [6, 6.07) is 5.88. The van der Waals surface area contributed by atoms with Crippen LogP contribution in [0.1, 0.15) is 30.6 Å². The van der Waals surface area contributed by atoms with Crippen molar-refractivity contribution < 1.29 is 24.2 Å². The number of hydrogen-bond donors (Lipinski definition) is 3. The van der Waals surface area contributed by atoms with Gasteiger partial charge in [-0.25, -0.2) is 4.79 Å². The lowest BCUT2D eigenvalue weighted by atomic mass is 10.1. The summed E-state index contributed by atoms with van der Waals surface area (Å²) >= 11 is 0. The molecule has 3 N–H and O–H groups in total. The molecule has 1 aliphatic heterocycles. The van der Waals surface area contributed by atoms with E-state index in [0.29, 0.717) is 12.3 Å². The molecule has 1 saturated heterocycles. The quantitative estimate of drug-likeness (QED) is 0.580. The maximum absolute atomic E-state index is 12.1. The summed E-state index contributed by atoms with van der Waals surface area (Å²) in [5, 5.41) is 14.5. The lowest BCUT2D eigenvalue weighted by Crippen LogP contribution is -2.58. The van der Waals surface area contributed by atoms with Gasteiger partial charge in [-0.1, -0.05) is 6.07 Å². The van der Waals surface area contributed by atoms with Crippen LogP contribution in [-0.2, 0) is 9.59 Å². The Labute approximate surface area is 152 Å². The SMILES string of the molecule is CC(C)N1CCNC(=O)[C@H]1CC(=O)NCCOc1cccc(C(=O)O)c1. The number of carbonyl (C=O) groups excluding carboxylic acids is 2. The largest absolute Gasteiger partial charge is 0.492 e. The van der Waals surface area contributed by atoms with Crippen molar-refractivity contribution in [1.82, 2.24) is 15.5 Å². The Kier molecular flexibility index (Phi) is 6.97. The standard InChI is InChI=1S/C18H25N3O5/c1-12(2)21-8-6-20-17(23)15(21)11-16(22)19-7-9-26-14-5-3-4-13(10-14)18(24)25/h3-5,10,12,15H,6-9,11H2,1-2H3,(H,19,22)(H,20,23)(H,24,25)/t15-/m1/s1. The number of carboxylic acids is 1. The highest BCUT2D eigenvalue weighted by atomic mass is 16.5. The first-order chi connectivity index (χ1) is 12.4. The van der Waals surface area contributed by atoms with Crippen LogP contribution in [0, 0.1) is 0 Å². The minimum atomic E-state index is -1.02. The predicted octanol–water partition coefficient (Wildman–Crippen LogP) is 0.479. The van der Waals surface area contributed by atoms with Crippen LogP contribution in [0.4, 0.5) is 0 Å². The van der Waals surface area contributed by atoms with E-state index in [9.17, 15) is 14.4 Å². The second kappa shape index (κ2) is 9.19. The van der Waals surface area contributed by atoms with Gasteiger partial charge in [0.15, 0.2) is 0 Å². The fourth-order valence-electron chi connectivity index (χ4n) is 2.89. The zero-order chi connectivity index (χ0) is 19.1. The van der Waals surface area contributed by atoms with Crippen LogP contribution < -0.4 is 15.4 Å². The molecule has 1 atom stereocenters. The second-order valence-corrected chi connectivity index (χ2v) is 6.37. The van der Waals surface area contributed by atoms with Gasteiger partial charge in [-0.15, -0.1) is 0 Å². The molecular formula is C18H25N3O5. The van der Waals surface area contributed by atoms with Crippen LogP contribution in [0.25, 0.3) is 0 Å². The van der Waals surface area contributed by atoms with E-state index in [1.54, 1.807) is 12.1 Å². The molecular weight excluding hydrogens is 338 g/mol. The second-order valence-electron chi connectivity index (χ2n) is 6.37. The van der Waals surface area contributed by atoms with Crippen LogP contribution in [-0.4, -0.2) is 66.1 Å². The number of nitrogens with zero attached hydrogens (tertiary/aromatic N) is 1. The first-order valence-corrected chi connectivity index (χ1v) is 8.65. The van der Waals surface area contributed by atoms with Gasteiger partial charge in [0.2, 0.25) is 11.8 Å². The zero-order valence-corrected chi connectivity index (χ0v) is 15.0. The molecule has 1 aliphatic rings. The van der Waals surface area contributed by atoms with Crippen LogP contribution in [0.15, 0.2) is 24.3 Å². The summed E-state index contributed by atoms with van der Waals surface area (Å²) in [6.45, 7) is 5.81. The number of aromatic carboxylic acids is 1. The molecule has 0 aromatic heterocycles. The number of nitrogens with one attached hydrogen (secondary N) is 2. The molecule has 8 heteroatoms. The van der Waals surface area contributed by atoms with Gasteiger partial charge in [-0.2, -0.15) is 0 Å². The third kappa shape index (κ3) is 5.45. The maximum Gasteiger partial charge on any atom is 0.335 e. The summed E-state index contributed by atoms with van der Waals surface area (Å²) in [5.74, 6) is -0.941. The van der Waals surface area contributed by atoms with Crippen LogP contribution in [0.2, 0.25) is 0 Å². The van der Waals surface area contributed by atoms with E-state index in [4.69, 9.17) is 9.84 Å². The van der Waals surface area contributed by atoms with Crippen molar-refractivity contribution in [2.75, 3.05) is 26.2 Å². The molecule has 1 heterocycles. The molecule has 0 bridgehead atoms. The van der Waals surface area contributed by atoms with E-state index in [0.717, 1.165) is 6.54 Å². The summed E-state index contributed by atoms with van der Waals surface area (Å²) in [7, 11) is 0. The Bertz CT molecular complexity index is 662. The fourth-order valence-corrected chi connectivity index (χ4v) is 2.89. The number of piperazine rings is 1. The van der Waals surface area contributed by atoms with Crippen molar-refractivity contribution in [2.45, 2.75) is 32.4 Å². The Balaban J connectivity index is 1.77. The summed E-state index contributed by atoms with van der Waals surface area (Å²) < 4.78 is 5.45. The van der Waals surface area contributed by atoms with Gasteiger partial charge in [0.25, 0.3) is 0 Å². The molecule has 8 nitrogen and oxygen atoms in total. The number of hydrogen-bond acceptors (Lipinski definition) is 5. The number of ether oxygens (including phenoxy) is 1. The molecule has 1 aromatic rings. The average Bonchev–Trinajstić information content (AvgIpc) is 2.60. The molecule has 0 spiro atoms. The predicted molar refractivity (Wildman–Crippen MR) is 95.2 cm³/mol. The van der Waals surface area contributed by atoms with E-state index in [1.807, 2.05) is 18.7 Å². The number of amides is 2. The normalized spacial score (nSPS) is 17.7. The Morgan fingerprint density at radius 3 is 2.88 bits per heavy atom. The number of rotatable bonds is 8. The molecule has 1 aromatic carbocycles. The molecule has 1 fully saturated rings. The van der Waals surface area contributed by atoms with Crippen LogP contribution >= 0.6 is 0 Å². The highest BCUT2D eigenvalue weighted by molar-refractivity contribution is 5.89. The van der Waals surface area contributed by atoms with E-state index in [-0.39, 0.29) is 43.0 Å². The third-order valence-corrected chi connectivity index (χ3v) is 4.19. The minimum Gasteiger partial charge on any atom is -0.492 e. The molecule has 2 rings (SSSR count). The maximum atomic E-state index is 12.1. The van der Waals surface area contributed by atoms with Crippen molar-refractivity contribution in [2.24, 2.45) is 0 Å². The number of carbonyl (C=O) groups is 3. The van der Waals surface area contributed by atoms with Crippen molar-refractivity contribution in [3.05, 3.63) is 29.8 Å². The Morgan fingerprint density at radius 2 is 2.19 bits per heavy atom. The molecule has 142 valence electrons. The highest BCUT2D eigenvalue weighted by Gasteiger charge is 2.32. The summed E-state index contributed by atoms with van der Waals surface area (Å²) in [4.78, 5) is 37.1. The summed E-state index contributed by atoms with van der Waals surface area (Å²) in [6.07, 6.45) is 0.0957. The number of benzene rings is 1. The smallest absolute Gasteiger partial charge is 0.335 e. The summed E-state index contributed by atoms with van der Waals surface area (Å²) in [5.41, 5.74) is 0.142. The van der Waals surface area contributed by atoms with Gasteiger partial charge in [0, 0.05) is 19.1 Å². The van der Waals surface area contributed by atoms with Gasteiger partial charge < -0.3 is 20.5 Å².